The topological polar surface area (TPSA) is 114 Å². The fraction of sp³-hybridized carbons (Fsp3) is 0.125. The average Bonchev–Trinajstić information content (AvgIpc) is 3.26. The van der Waals surface area contributed by atoms with Gasteiger partial charge in [-0.3, -0.25) is 14.2 Å². The number of anilines is 1. The summed E-state index contributed by atoms with van der Waals surface area (Å²) in [5, 5.41) is 15.9. The molecular formula is C24H13ClF5N3O5. The summed E-state index contributed by atoms with van der Waals surface area (Å²) >= 11 is 6.18. The quantitative estimate of drug-likeness (QED) is 0.328. The highest BCUT2D eigenvalue weighted by molar-refractivity contribution is 6.31. The van der Waals surface area contributed by atoms with Gasteiger partial charge in [-0.25, -0.2) is 13.6 Å². The second kappa shape index (κ2) is 8.39. The SMILES string of the molecule is Cn1c(=O)oc2cc(NC(=O)c3cc(F)cc(C(F)(F)F)c3)c3c(c21)C(=O)NC3(O)c1cc(F)ccc1Cl. The summed E-state index contributed by atoms with van der Waals surface area (Å²) in [6, 6.07) is 5.10. The number of amides is 2. The van der Waals surface area contributed by atoms with Crippen molar-refractivity contribution < 1.29 is 41.1 Å². The molecule has 0 spiro atoms. The lowest BCUT2D eigenvalue weighted by atomic mass is 9.91. The van der Waals surface area contributed by atoms with Crippen LogP contribution in [0.15, 0.2) is 51.7 Å². The zero-order valence-corrected chi connectivity index (χ0v) is 19.6. The van der Waals surface area contributed by atoms with Gasteiger partial charge < -0.3 is 20.2 Å². The van der Waals surface area contributed by atoms with Gasteiger partial charge in [-0.05, 0) is 36.4 Å². The predicted molar refractivity (Wildman–Crippen MR) is 123 cm³/mol. The van der Waals surface area contributed by atoms with Crippen molar-refractivity contribution in [3.8, 4) is 0 Å². The lowest BCUT2D eigenvalue weighted by molar-refractivity contribution is -0.137. The Labute approximate surface area is 213 Å². The summed E-state index contributed by atoms with van der Waals surface area (Å²) in [7, 11) is 1.26. The lowest BCUT2D eigenvalue weighted by Crippen LogP contribution is -2.41. The molecule has 0 aliphatic carbocycles. The standard InChI is InChI=1S/C24H13ClF5N3O5/c1-33-19-16(38-22(33)36)8-15(31-20(34)9-4-10(24(28,29)30)6-12(27)5-9)18-17(19)21(35)32-23(18,37)13-7-11(26)2-3-14(13)25/h2-8,37H,1H3,(H,31,34)(H,32,35). The maximum absolute atomic E-state index is 14.1. The zero-order valence-electron chi connectivity index (χ0n) is 18.8. The molecule has 38 heavy (non-hydrogen) atoms. The van der Waals surface area contributed by atoms with Crippen LogP contribution in [0.4, 0.5) is 27.6 Å². The van der Waals surface area contributed by atoms with E-state index < -0.39 is 63.5 Å². The zero-order chi connectivity index (χ0) is 27.7. The van der Waals surface area contributed by atoms with E-state index in [4.69, 9.17) is 16.0 Å². The van der Waals surface area contributed by atoms with Crippen molar-refractivity contribution in [2.75, 3.05) is 5.32 Å². The number of aliphatic hydroxyl groups is 1. The summed E-state index contributed by atoms with van der Waals surface area (Å²) in [6.07, 6.45) is -4.96. The fourth-order valence-electron chi connectivity index (χ4n) is 4.35. The van der Waals surface area contributed by atoms with Crippen molar-refractivity contribution in [1.82, 2.24) is 9.88 Å². The molecule has 8 nitrogen and oxygen atoms in total. The van der Waals surface area contributed by atoms with E-state index in [9.17, 15) is 41.4 Å². The maximum Gasteiger partial charge on any atom is 0.419 e. The number of nitrogens with zero attached hydrogens (tertiary/aromatic N) is 1. The molecular weight excluding hydrogens is 541 g/mol. The molecule has 3 N–H and O–H groups in total. The Morgan fingerprint density at radius 1 is 1.11 bits per heavy atom. The van der Waals surface area contributed by atoms with Gasteiger partial charge in [0.2, 0.25) is 0 Å². The van der Waals surface area contributed by atoms with Crippen LogP contribution in [0.25, 0.3) is 11.1 Å². The smallest absolute Gasteiger partial charge is 0.408 e. The highest BCUT2D eigenvalue weighted by atomic mass is 35.5. The number of benzene rings is 3. The van der Waals surface area contributed by atoms with Crippen LogP contribution in [-0.2, 0) is 18.9 Å². The molecule has 1 atom stereocenters. The van der Waals surface area contributed by atoms with Gasteiger partial charge in [0.25, 0.3) is 11.8 Å². The highest BCUT2D eigenvalue weighted by Crippen LogP contribution is 2.45. The third kappa shape index (κ3) is 3.90. The number of aryl methyl sites for hydroxylation is 1. The number of carbonyl (C=O) groups is 2. The molecule has 3 aromatic carbocycles. The molecule has 1 aliphatic rings. The number of hydrogen-bond donors (Lipinski definition) is 3. The van der Waals surface area contributed by atoms with Crippen LogP contribution >= 0.6 is 11.6 Å². The number of halogens is 6. The molecule has 5 rings (SSSR count). The number of fused-ring (bicyclic) bond motifs is 3. The first-order chi connectivity index (χ1) is 17.7. The Kier molecular flexibility index (Phi) is 5.62. The average molecular weight is 554 g/mol. The van der Waals surface area contributed by atoms with E-state index in [0.717, 1.165) is 28.8 Å². The molecule has 1 aromatic heterocycles. The minimum Gasteiger partial charge on any atom is -0.408 e. The van der Waals surface area contributed by atoms with Crippen molar-refractivity contribution in [3.63, 3.8) is 0 Å². The molecule has 2 heterocycles. The van der Waals surface area contributed by atoms with Gasteiger partial charge in [0.05, 0.1) is 16.8 Å². The first kappa shape index (κ1) is 25.4. The van der Waals surface area contributed by atoms with Gasteiger partial charge in [0, 0.05) is 34.8 Å². The van der Waals surface area contributed by atoms with Crippen LogP contribution in [-0.4, -0.2) is 21.5 Å². The van der Waals surface area contributed by atoms with Crippen LogP contribution < -0.4 is 16.4 Å². The molecule has 0 radical (unpaired) electrons. The number of hydrogen-bond acceptors (Lipinski definition) is 5. The Morgan fingerprint density at radius 3 is 2.50 bits per heavy atom. The monoisotopic (exact) mass is 553 g/mol. The van der Waals surface area contributed by atoms with Crippen molar-refractivity contribution in [3.05, 3.63) is 97.5 Å². The van der Waals surface area contributed by atoms with Crippen LogP contribution in [0.3, 0.4) is 0 Å². The van der Waals surface area contributed by atoms with E-state index in [2.05, 4.69) is 10.6 Å². The van der Waals surface area contributed by atoms with Crippen molar-refractivity contribution in [1.29, 1.82) is 0 Å². The van der Waals surface area contributed by atoms with Crippen LogP contribution in [0.1, 0.15) is 37.4 Å². The van der Waals surface area contributed by atoms with E-state index in [1.807, 2.05) is 0 Å². The van der Waals surface area contributed by atoms with Gasteiger partial charge in [-0.1, -0.05) is 11.6 Å². The van der Waals surface area contributed by atoms with Crippen LogP contribution in [0, 0.1) is 11.6 Å². The minimum atomic E-state index is -4.96. The third-order valence-electron chi connectivity index (χ3n) is 6.01. The minimum absolute atomic E-state index is 0.103. The van der Waals surface area contributed by atoms with Gasteiger partial charge >= 0.3 is 11.9 Å². The molecule has 1 aliphatic heterocycles. The van der Waals surface area contributed by atoms with Crippen LogP contribution in [0.5, 0.6) is 0 Å². The molecule has 4 aromatic rings. The van der Waals surface area contributed by atoms with Gasteiger partial charge in [0.15, 0.2) is 11.3 Å². The van der Waals surface area contributed by atoms with Gasteiger partial charge in [0.1, 0.15) is 17.2 Å². The Morgan fingerprint density at radius 2 is 1.82 bits per heavy atom. The van der Waals surface area contributed by atoms with Gasteiger partial charge in [-0.15, -0.1) is 0 Å². The van der Waals surface area contributed by atoms with Crippen LogP contribution in [0.2, 0.25) is 5.02 Å². The van der Waals surface area contributed by atoms with E-state index in [1.165, 1.54) is 7.05 Å². The second-order valence-corrected chi connectivity index (χ2v) is 8.82. The lowest BCUT2D eigenvalue weighted by Gasteiger charge is -2.27. The van der Waals surface area contributed by atoms with E-state index >= 15 is 0 Å². The first-order valence-electron chi connectivity index (χ1n) is 10.6. The summed E-state index contributed by atoms with van der Waals surface area (Å²) < 4.78 is 73.6. The number of carbonyl (C=O) groups excluding carboxylic acids is 2. The Balaban J connectivity index is 1.75. The molecule has 0 bridgehead atoms. The molecule has 0 saturated heterocycles. The maximum atomic E-state index is 14.1. The van der Waals surface area contributed by atoms with E-state index in [-0.39, 0.29) is 33.3 Å². The number of oxazole rings is 1. The van der Waals surface area contributed by atoms with Crippen molar-refractivity contribution >= 4 is 40.2 Å². The Bertz CT molecular complexity index is 1750. The van der Waals surface area contributed by atoms with Crippen molar-refractivity contribution in [2.45, 2.75) is 11.9 Å². The summed E-state index contributed by atoms with van der Waals surface area (Å²) in [4.78, 5) is 38.3. The number of nitrogens with one attached hydrogen (secondary N) is 2. The summed E-state index contributed by atoms with van der Waals surface area (Å²) in [5.41, 5.74) is -6.60. The second-order valence-electron chi connectivity index (χ2n) is 8.42. The van der Waals surface area contributed by atoms with Crippen molar-refractivity contribution in [2.24, 2.45) is 7.05 Å². The van der Waals surface area contributed by atoms with Gasteiger partial charge in [-0.2, -0.15) is 13.2 Å². The molecule has 14 heteroatoms. The molecule has 1 unspecified atom stereocenters. The van der Waals surface area contributed by atoms with E-state index in [0.29, 0.717) is 12.1 Å². The number of aromatic nitrogens is 1. The summed E-state index contributed by atoms with van der Waals surface area (Å²) in [5.74, 6) is -5.34. The fourth-order valence-corrected chi connectivity index (χ4v) is 4.61. The molecule has 0 fully saturated rings. The molecule has 0 saturated carbocycles. The van der Waals surface area contributed by atoms with E-state index in [1.54, 1.807) is 0 Å². The summed E-state index contributed by atoms with van der Waals surface area (Å²) in [6.45, 7) is 0. The highest BCUT2D eigenvalue weighted by Gasteiger charge is 2.48. The first-order valence-corrected chi connectivity index (χ1v) is 10.9. The Hall–Kier alpha value is -4.23. The normalized spacial score (nSPS) is 17.0. The molecule has 196 valence electrons. The largest absolute Gasteiger partial charge is 0.419 e. The number of alkyl halides is 3. The molecule has 2 amide bonds. The number of rotatable bonds is 3. The predicted octanol–water partition coefficient (Wildman–Crippen LogP) is 4.27. The third-order valence-corrected chi connectivity index (χ3v) is 6.34.